The normalized spacial score (nSPS) is 18.4. The van der Waals surface area contributed by atoms with Gasteiger partial charge in [0.2, 0.25) is 5.91 Å². The van der Waals surface area contributed by atoms with Gasteiger partial charge in [0.1, 0.15) is 23.0 Å². The third-order valence-corrected chi connectivity index (χ3v) is 6.07. The molecule has 35 heavy (non-hydrogen) atoms. The van der Waals surface area contributed by atoms with Crippen LogP contribution in [-0.4, -0.2) is 58.5 Å². The van der Waals surface area contributed by atoms with Crippen molar-refractivity contribution in [2.75, 3.05) is 24.6 Å². The van der Waals surface area contributed by atoms with Crippen LogP contribution in [-0.2, 0) is 20.7 Å². The lowest BCUT2D eigenvalue weighted by Gasteiger charge is -2.44. The van der Waals surface area contributed by atoms with Gasteiger partial charge in [-0.1, -0.05) is 25.1 Å². The summed E-state index contributed by atoms with van der Waals surface area (Å²) in [5.41, 5.74) is 0.804. The number of benzene rings is 1. The molecule has 1 aliphatic heterocycles. The maximum atomic E-state index is 13.0. The van der Waals surface area contributed by atoms with E-state index in [-0.39, 0.29) is 30.6 Å². The van der Waals surface area contributed by atoms with E-state index in [1.165, 1.54) is 0 Å². The predicted octanol–water partition coefficient (Wildman–Crippen LogP) is 4.25. The van der Waals surface area contributed by atoms with E-state index in [1.54, 1.807) is 18.3 Å². The van der Waals surface area contributed by atoms with Crippen LogP contribution in [0.5, 0.6) is 0 Å². The third-order valence-electron chi connectivity index (χ3n) is 6.07. The standard InChI is InChI=1S/C27H32N4O4/c1-4-7-27(33)34-15-13-24-28-14-12-25(29-24)30-17-19(2)31(20(3)18-30)26(32)11-10-22-16-21-8-5-6-9-23(21)35-22/h5-6,8-12,14,16,19-20H,4,7,13,15,17-18H2,1-3H3/b11-10+/t19-,20+. The Bertz CT molecular complexity index is 1160. The number of nitrogens with zero attached hydrogens (tertiary/aromatic N) is 4. The summed E-state index contributed by atoms with van der Waals surface area (Å²) in [6.07, 6.45) is 6.72. The second-order valence-electron chi connectivity index (χ2n) is 8.92. The Kier molecular flexibility index (Phi) is 7.80. The SMILES string of the molecule is CCCC(=O)OCCc1nccc(N2C[C@@H](C)N(C(=O)/C=C/c3cc4ccccc4o3)[C@@H](C)C2)n1. The molecule has 0 saturated carbocycles. The molecule has 4 rings (SSSR count). The van der Waals surface area contributed by atoms with Crippen LogP contribution >= 0.6 is 0 Å². The first-order chi connectivity index (χ1) is 16.9. The summed E-state index contributed by atoms with van der Waals surface area (Å²) in [6, 6.07) is 11.6. The minimum Gasteiger partial charge on any atom is -0.465 e. The Morgan fingerprint density at radius 1 is 1.17 bits per heavy atom. The van der Waals surface area contributed by atoms with E-state index in [2.05, 4.69) is 14.9 Å². The van der Waals surface area contributed by atoms with Gasteiger partial charge in [0.05, 0.1) is 6.61 Å². The summed E-state index contributed by atoms with van der Waals surface area (Å²) in [5.74, 6) is 1.88. The van der Waals surface area contributed by atoms with Crippen LogP contribution in [0.2, 0.25) is 0 Å². The fourth-order valence-corrected chi connectivity index (χ4v) is 4.49. The molecule has 1 saturated heterocycles. The Hall–Kier alpha value is -3.68. The van der Waals surface area contributed by atoms with E-state index >= 15 is 0 Å². The molecule has 0 aliphatic carbocycles. The van der Waals surface area contributed by atoms with E-state index in [1.807, 2.05) is 62.1 Å². The van der Waals surface area contributed by atoms with Crippen molar-refractivity contribution >= 4 is 34.7 Å². The highest BCUT2D eigenvalue weighted by Gasteiger charge is 2.32. The largest absolute Gasteiger partial charge is 0.465 e. The van der Waals surface area contributed by atoms with Crippen LogP contribution in [0.15, 0.2) is 53.1 Å². The van der Waals surface area contributed by atoms with Gasteiger partial charge in [0, 0.05) is 55.7 Å². The lowest BCUT2D eigenvalue weighted by Crippen LogP contribution is -2.58. The number of furan rings is 1. The number of para-hydroxylation sites is 1. The fourth-order valence-electron chi connectivity index (χ4n) is 4.49. The molecule has 1 amide bonds. The zero-order chi connectivity index (χ0) is 24.8. The lowest BCUT2D eigenvalue weighted by molar-refractivity contribution is -0.143. The first-order valence-electron chi connectivity index (χ1n) is 12.2. The highest BCUT2D eigenvalue weighted by Crippen LogP contribution is 2.23. The molecule has 2 aromatic heterocycles. The quantitative estimate of drug-likeness (QED) is 0.355. The van der Waals surface area contributed by atoms with Gasteiger partial charge in [-0.3, -0.25) is 9.59 Å². The molecule has 0 radical (unpaired) electrons. The Labute approximate surface area is 205 Å². The third kappa shape index (κ3) is 6.07. The van der Waals surface area contributed by atoms with Gasteiger partial charge in [-0.25, -0.2) is 9.97 Å². The number of carbonyl (C=O) groups excluding carboxylic acids is 2. The highest BCUT2D eigenvalue weighted by molar-refractivity contribution is 5.93. The first-order valence-corrected chi connectivity index (χ1v) is 12.2. The van der Waals surface area contributed by atoms with Crippen LogP contribution in [0, 0.1) is 0 Å². The summed E-state index contributed by atoms with van der Waals surface area (Å²) < 4.78 is 11.0. The summed E-state index contributed by atoms with van der Waals surface area (Å²) in [4.78, 5) is 37.7. The monoisotopic (exact) mass is 476 g/mol. The molecule has 184 valence electrons. The van der Waals surface area contributed by atoms with E-state index in [4.69, 9.17) is 9.15 Å². The van der Waals surface area contributed by atoms with Crippen molar-refractivity contribution in [1.82, 2.24) is 14.9 Å². The van der Waals surface area contributed by atoms with Gasteiger partial charge < -0.3 is 19.0 Å². The Balaban J connectivity index is 1.36. The maximum absolute atomic E-state index is 13.0. The molecule has 0 unspecified atom stereocenters. The number of piperazine rings is 1. The number of fused-ring (bicyclic) bond motifs is 1. The van der Waals surface area contributed by atoms with Crippen LogP contribution in [0.25, 0.3) is 17.0 Å². The minimum atomic E-state index is -0.193. The van der Waals surface area contributed by atoms with Crippen molar-refractivity contribution in [3.8, 4) is 0 Å². The Morgan fingerprint density at radius 3 is 2.69 bits per heavy atom. The summed E-state index contributed by atoms with van der Waals surface area (Å²) >= 11 is 0. The molecule has 0 N–H and O–H groups in total. The summed E-state index contributed by atoms with van der Waals surface area (Å²) in [6.45, 7) is 7.64. The number of esters is 1. The highest BCUT2D eigenvalue weighted by atomic mass is 16.5. The van der Waals surface area contributed by atoms with Crippen LogP contribution in [0.4, 0.5) is 5.82 Å². The number of ether oxygens (including phenoxy) is 1. The van der Waals surface area contributed by atoms with E-state index in [0.717, 1.165) is 23.2 Å². The molecule has 3 aromatic rings. The second kappa shape index (κ2) is 11.2. The molecule has 1 fully saturated rings. The topological polar surface area (TPSA) is 88.8 Å². The lowest BCUT2D eigenvalue weighted by atomic mass is 10.1. The van der Waals surface area contributed by atoms with Gasteiger partial charge in [-0.15, -0.1) is 0 Å². The van der Waals surface area contributed by atoms with Crippen molar-refractivity contribution in [3.63, 3.8) is 0 Å². The second-order valence-corrected chi connectivity index (χ2v) is 8.92. The number of hydrogen-bond donors (Lipinski definition) is 0. The zero-order valence-corrected chi connectivity index (χ0v) is 20.5. The molecular formula is C27H32N4O4. The van der Waals surface area contributed by atoms with Crippen LogP contribution < -0.4 is 4.90 Å². The number of hydrogen-bond acceptors (Lipinski definition) is 7. The van der Waals surface area contributed by atoms with E-state index in [9.17, 15) is 9.59 Å². The Morgan fingerprint density at radius 2 is 1.94 bits per heavy atom. The predicted molar refractivity (Wildman–Crippen MR) is 135 cm³/mol. The van der Waals surface area contributed by atoms with Crippen molar-refractivity contribution in [1.29, 1.82) is 0 Å². The van der Waals surface area contributed by atoms with Crippen molar-refractivity contribution in [2.45, 2.75) is 52.1 Å². The molecule has 8 heteroatoms. The summed E-state index contributed by atoms with van der Waals surface area (Å²) in [7, 11) is 0. The van der Waals surface area contributed by atoms with Gasteiger partial charge in [0.15, 0.2) is 0 Å². The zero-order valence-electron chi connectivity index (χ0n) is 20.5. The molecule has 1 aliphatic rings. The maximum Gasteiger partial charge on any atom is 0.305 e. The molecule has 0 bridgehead atoms. The minimum absolute atomic E-state index is 0.0000118. The van der Waals surface area contributed by atoms with Gasteiger partial charge in [-0.2, -0.15) is 0 Å². The average molecular weight is 477 g/mol. The number of carbonyl (C=O) groups is 2. The number of aromatic nitrogens is 2. The number of anilines is 1. The number of amides is 1. The van der Waals surface area contributed by atoms with Gasteiger partial charge in [-0.05, 0) is 44.5 Å². The van der Waals surface area contributed by atoms with Crippen molar-refractivity contribution < 1.29 is 18.7 Å². The molecule has 1 aromatic carbocycles. The van der Waals surface area contributed by atoms with E-state index in [0.29, 0.717) is 37.5 Å². The van der Waals surface area contributed by atoms with Crippen LogP contribution in [0.1, 0.15) is 45.2 Å². The average Bonchev–Trinajstić information content (AvgIpc) is 3.26. The first kappa shape index (κ1) is 24.4. The molecule has 2 atom stereocenters. The van der Waals surface area contributed by atoms with Crippen molar-refractivity contribution in [2.24, 2.45) is 0 Å². The number of rotatable bonds is 8. The molecule has 8 nitrogen and oxygen atoms in total. The van der Waals surface area contributed by atoms with Crippen LogP contribution in [0.3, 0.4) is 0 Å². The van der Waals surface area contributed by atoms with Crippen molar-refractivity contribution in [3.05, 3.63) is 60.3 Å². The summed E-state index contributed by atoms with van der Waals surface area (Å²) in [5, 5.41) is 1.01. The molecule has 3 heterocycles. The van der Waals surface area contributed by atoms with E-state index < -0.39 is 0 Å². The fraction of sp³-hybridized carbons (Fsp3) is 0.407. The van der Waals surface area contributed by atoms with Gasteiger partial charge in [0.25, 0.3) is 0 Å². The molecular weight excluding hydrogens is 444 g/mol. The molecule has 0 spiro atoms. The smallest absolute Gasteiger partial charge is 0.305 e. The van der Waals surface area contributed by atoms with Gasteiger partial charge >= 0.3 is 5.97 Å².